The van der Waals surface area contributed by atoms with E-state index in [1.165, 1.54) is 4.57 Å². The molecule has 0 aromatic carbocycles. The minimum atomic E-state index is -0.562. The number of epoxide rings is 2. The first-order valence-electron chi connectivity index (χ1n) is 7.79. The molecule has 8 heteroatoms. The zero-order valence-electron chi connectivity index (χ0n) is 12.7. The lowest BCUT2D eigenvalue weighted by molar-refractivity contribution is 0.339. The molecule has 2 aliphatic rings. The summed E-state index contributed by atoms with van der Waals surface area (Å²) in [5, 5.41) is 0. The van der Waals surface area contributed by atoms with Gasteiger partial charge >= 0.3 is 17.1 Å². The van der Waals surface area contributed by atoms with Crippen LogP contribution in [0.15, 0.2) is 14.4 Å². The predicted octanol–water partition coefficient (Wildman–Crippen LogP) is -0.840. The van der Waals surface area contributed by atoms with Gasteiger partial charge in [0, 0.05) is 6.54 Å². The molecule has 1 aromatic heterocycles. The van der Waals surface area contributed by atoms with E-state index in [1.807, 2.05) is 0 Å². The van der Waals surface area contributed by atoms with Crippen molar-refractivity contribution in [3.05, 3.63) is 31.5 Å². The Labute approximate surface area is 126 Å². The molecule has 3 heterocycles. The highest BCUT2D eigenvalue weighted by molar-refractivity contribution is 4.84. The van der Waals surface area contributed by atoms with E-state index in [0.29, 0.717) is 19.8 Å². The van der Waals surface area contributed by atoms with E-state index in [4.69, 9.17) is 9.47 Å². The number of nitrogens with zero attached hydrogens (tertiary/aromatic N) is 3. The Morgan fingerprint density at radius 2 is 1.32 bits per heavy atom. The molecule has 1 aromatic rings. The van der Waals surface area contributed by atoms with Crippen LogP contribution >= 0.6 is 0 Å². The van der Waals surface area contributed by atoms with E-state index >= 15 is 0 Å². The van der Waals surface area contributed by atoms with Gasteiger partial charge in [0.25, 0.3) is 0 Å². The molecule has 122 valence electrons. The van der Waals surface area contributed by atoms with Crippen molar-refractivity contribution in [3.8, 4) is 0 Å². The molecule has 0 spiro atoms. The smallest absolute Gasteiger partial charge is 0.336 e. The molecule has 0 aliphatic carbocycles. The Hall–Kier alpha value is -1.67. The third kappa shape index (κ3) is 3.22. The highest BCUT2D eigenvalue weighted by Gasteiger charge is 2.29. The number of rotatable bonds is 8. The molecule has 2 fully saturated rings. The fourth-order valence-electron chi connectivity index (χ4n) is 2.46. The summed E-state index contributed by atoms with van der Waals surface area (Å²) < 4.78 is 13.6. The van der Waals surface area contributed by atoms with E-state index in [2.05, 4.69) is 6.92 Å². The van der Waals surface area contributed by atoms with Crippen molar-refractivity contribution in [2.45, 2.75) is 58.0 Å². The number of ether oxygens (including phenoxy) is 2. The molecule has 3 rings (SSSR count). The topological polar surface area (TPSA) is 91.1 Å². The predicted molar refractivity (Wildman–Crippen MR) is 78.2 cm³/mol. The molecule has 0 amide bonds. The third-order valence-electron chi connectivity index (χ3n) is 3.95. The van der Waals surface area contributed by atoms with Crippen LogP contribution in [0.5, 0.6) is 0 Å². The second-order valence-electron chi connectivity index (χ2n) is 5.84. The number of unbranched alkanes of at least 4 members (excludes halogenated alkanes) is 2. The lowest BCUT2D eigenvalue weighted by atomic mass is 10.2. The average Bonchev–Trinajstić information content (AvgIpc) is 3.38. The van der Waals surface area contributed by atoms with Gasteiger partial charge in [0.05, 0.1) is 38.5 Å². The van der Waals surface area contributed by atoms with E-state index < -0.39 is 17.1 Å². The summed E-state index contributed by atoms with van der Waals surface area (Å²) in [6, 6.07) is 0. The zero-order valence-corrected chi connectivity index (χ0v) is 12.7. The van der Waals surface area contributed by atoms with E-state index in [0.717, 1.165) is 28.4 Å². The summed E-state index contributed by atoms with van der Waals surface area (Å²) in [6.07, 6.45) is 2.47. The fourth-order valence-corrected chi connectivity index (χ4v) is 2.46. The van der Waals surface area contributed by atoms with Gasteiger partial charge in [-0.05, 0) is 6.42 Å². The lowest BCUT2D eigenvalue weighted by Crippen LogP contribution is -2.55. The molecule has 22 heavy (non-hydrogen) atoms. The van der Waals surface area contributed by atoms with Crippen molar-refractivity contribution in [2.75, 3.05) is 13.2 Å². The minimum Gasteiger partial charge on any atom is -0.371 e. The van der Waals surface area contributed by atoms with Crippen LogP contribution in [0.1, 0.15) is 26.2 Å². The Kier molecular flexibility index (Phi) is 4.30. The quantitative estimate of drug-likeness (QED) is 0.461. The summed E-state index contributed by atoms with van der Waals surface area (Å²) in [7, 11) is 0. The third-order valence-corrected chi connectivity index (χ3v) is 3.95. The standard InChI is InChI=1S/C14H21N3O5/c1-2-3-4-5-15-12(18)16(6-10-8-21-10)14(20)17(13(15)19)7-11-9-22-11/h10-11H,2-9H2,1H3. The molecule has 2 unspecified atom stereocenters. The molecule has 2 atom stereocenters. The van der Waals surface area contributed by atoms with Crippen molar-refractivity contribution in [2.24, 2.45) is 0 Å². The van der Waals surface area contributed by atoms with Crippen molar-refractivity contribution >= 4 is 0 Å². The zero-order chi connectivity index (χ0) is 15.7. The van der Waals surface area contributed by atoms with Gasteiger partial charge in [-0.15, -0.1) is 0 Å². The van der Waals surface area contributed by atoms with Crippen LogP contribution in [0.25, 0.3) is 0 Å². The Morgan fingerprint density at radius 1 is 0.864 bits per heavy atom. The maximum atomic E-state index is 12.4. The molecule has 8 nitrogen and oxygen atoms in total. The van der Waals surface area contributed by atoms with Gasteiger partial charge in [0.1, 0.15) is 0 Å². The SMILES string of the molecule is CCCCCn1c(=O)n(CC2CO2)c(=O)n(CC2CO2)c1=O. The van der Waals surface area contributed by atoms with Crippen molar-refractivity contribution in [1.82, 2.24) is 13.7 Å². The van der Waals surface area contributed by atoms with E-state index in [9.17, 15) is 14.4 Å². The molecule has 0 saturated carbocycles. The molecular formula is C14H21N3O5. The Balaban J connectivity index is 2.00. The summed E-state index contributed by atoms with van der Waals surface area (Å²) in [6.45, 7) is 3.90. The maximum Gasteiger partial charge on any atom is 0.336 e. The van der Waals surface area contributed by atoms with Crippen LogP contribution in [0.3, 0.4) is 0 Å². The Bertz CT molecular complexity index is 656. The normalized spacial score (nSPS) is 22.8. The van der Waals surface area contributed by atoms with Crippen LogP contribution in [0.4, 0.5) is 0 Å². The van der Waals surface area contributed by atoms with E-state index in [-0.39, 0.29) is 25.3 Å². The first kappa shape index (κ1) is 15.2. The van der Waals surface area contributed by atoms with Crippen LogP contribution in [0.2, 0.25) is 0 Å². The number of hydrogen-bond donors (Lipinski definition) is 0. The minimum absolute atomic E-state index is 0.0994. The molecule has 0 N–H and O–H groups in total. The van der Waals surface area contributed by atoms with Crippen LogP contribution in [0, 0.1) is 0 Å². The van der Waals surface area contributed by atoms with Gasteiger partial charge < -0.3 is 9.47 Å². The molecule has 0 radical (unpaired) electrons. The monoisotopic (exact) mass is 311 g/mol. The Morgan fingerprint density at radius 3 is 1.73 bits per heavy atom. The first-order valence-corrected chi connectivity index (χ1v) is 7.79. The lowest BCUT2D eigenvalue weighted by Gasteiger charge is -2.12. The average molecular weight is 311 g/mol. The van der Waals surface area contributed by atoms with E-state index in [1.54, 1.807) is 0 Å². The fraction of sp³-hybridized carbons (Fsp3) is 0.786. The summed E-state index contributed by atoms with van der Waals surface area (Å²) >= 11 is 0. The van der Waals surface area contributed by atoms with Crippen molar-refractivity contribution < 1.29 is 9.47 Å². The summed E-state index contributed by atoms with van der Waals surface area (Å²) in [5.74, 6) is 0. The first-order chi connectivity index (χ1) is 10.6. The van der Waals surface area contributed by atoms with Gasteiger partial charge in [-0.3, -0.25) is 0 Å². The van der Waals surface area contributed by atoms with Crippen molar-refractivity contribution in [3.63, 3.8) is 0 Å². The molecule has 2 saturated heterocycles. The number of hydrogen-bond acceptors (Lipinski definition) is 5. The van der Waals surface area contributed by atoms with Crippen LogP contribution in [-0.2, 0) is 29.1 Å². The summed E-state index contributed by atoms with van der Waals surface area (Å²) in [5.41, 5.74) is -1.63. The van der Waals surface area contributed by atoms with Gasteiger partial charge in [-0.2, -0.15) is 0 Å². The molecular weight excluding hydrogens is 290 g/mol. The van der Waals surface area contributed by atoms with Gasteiger partial charge in [0.15, 0.2) is 0 Å². The van der Waals surface area contributed by atoms with Gasteiger partial charge in [-0.25, -0.2) is 28.1 Å². The van der Waals surface area contributed by atoms with Gasteiger partial charge in [-0.1, -0.05) is 19.8 Å². The van der Waals surface area contributed by atoms with Gasteiger partial charge in [0.2, 0.25) is 0 Å². The second kappa shape index (κ2) is 6.21. The van der Waals surface area contributed by atoms with Crippen LogP contribution in [-0.4, -0.2) is 39.1 Å². The van der Waals surface area contributed by atoms with Crippen molar-refractivity contribution in [1.29, 1.82) is 0 Å². The highest BCUT2D eigenvalue weighted by Crippen LogP contribution is 2.10. The molecule has 2 aliphatic heterocycles. The maximum absolute atomic E-state index is 12.4. The summed E-state index contributed by atoms with van der Waals surface area (Å²) in [4.78, 5) is 37.3. The molecule has 0 bridgehead atoms. The largest absolute Gasteiger partial charge is 0.371 e. The number of aromatic nitrogens is 3. The second-order valence-corrected chi connectivity index (χ2v) is 5.84. The highest BCUT2D eigenvalue weighted by atomic mass is 16.6. The van der Waals surface area contributed by atoms with Crippen LogP contribution < -0.4 is 17.1 Å².